The molecule has 0 aromatic heterocycles. The van der Waals surface area contributed by atoms with Crippen LogP contribution >= 0.6 is 0 Å². The van der Waals surface area contributed by atoms with Crippen LogP contribution in [0, 0.1) is 0 Å². The molecule has 6 N–H and O–H groups in total. The normalized spacial score (nSPS) is 23.8. The third kappa shape index (κ3) is 4.84. The number of amides is 2. The van der Waals surface area contributed by atoms with E-state index in [0.717, 1.165) is 0 Å². The summed E-state index contributed by atoms with van der Waals surface area (Å²) in [6, 6.07) is -1.14. The number of aliphatic carboxylic acids is 1. The van der Waals surface area contributed by atoms with E-state index in [2.05, 4.69) is 5.32 Å². The number of rotatable bonds is 7. The SMILES string of the molecule is NCC1CCC(C(=O)N[C@H](CCC(N)=O)C(=O)O)O1. The number of carbonyl (C=O) groups is 3. The molecule has 108 valence electrons. The van der Waals surface area contributed by atoms with Gasteiger partial charge in [0.25, 0.3) is 0 Å². The van der Waals surface area contributed by atoms with Gasteiger partial charge in [-0.15, -0.1) is 0 Å². The molecule has 2 amide bonds. The zero-order chi connectivity index (χ0) is 14.4. The van der Waals surface area contributed by atoms with Gasteiger partial charge < -0.3 is 26.6 Å². The number of primary amides is 1. The van der Waals surface area contributed by atoms with Gasteiger partial charge in [0.05, 0.1) is 6.10 Å². The molecule has 0 bridgehead atoms. The molecular weight excluding hydrogens is 254 g/mol. The van der Waals surface area contributed by atoms with Crippen molar-refractivity contribution in [3.8, 4) is 0 Å². The minimum atomic E-state index is -1.21. The van der Waals surface area contributed by atoms with E-state index < -0.39 is 29.9 Å². The van der Waals surface area contributed by atoms with E-state index >= 15 is 0 Å². The first-order chi connectivity index (χ1) is 8.93. The number of carbonyl (C=O) groups excluding carboxylic acids is 2. The average Bonchev–Trinajstić information content (AvgIpc) is 2.82. The van der Waals surface area contributed by atoms with E-state index in [9.17, 15) is 14.4 Å². The number of hydrogen-bond donors (Lipinski definition) is 4. The predicted octanol–water partition coefficient (Wildman–Crippen LogP) is -1.67. The largest absolute Gasteiger partial charge is 0.480 e. The summed E-state index contributed by atoms with van der Waals surface area (Å²) in [6.07, 6.45) is 0.204. The van der Waals surface area contributed by atoms with Crippen LogP contribution in [0.1, 0.15) is 25.7 Å². The Bertz CT molecular complexity index is 360. The molecule has 0 spiro atoms. The van der Waals surface area contributed by atoms with Crippen LogP contribution in [0.15, 0.2) is 0 Å². The molecule has 8 heteroatoms. The molecule has 0 aromatic rings. The monoisotopic (exact) mass is 273 g/mol. The second-order valence-electron chi connectivity index (χ2n) is 4.46. The van der Waals surface area contributed by atoms with Crippen molar-refractivity contribution in [3.05, 3.63) is 0 Å². The number of carboxylic acids is 1. The third-order valence-corrected chi connectivity index (χ3v) is 2.96. The van der Waals surface area contributed by atoms with Gasteiger partial charge in [0, 0.05) is 13.0 Å². The molecule has 1 fully saturated rings. The highest BCUT2D eigenvalue weighted by atomic mass is 16.5. The van der Waals surface area contributed by atoms with Crippen LogP contribution in [0.3, 0.4) is 0 Å². The van der Waals surface area contributed by atoms with Crippen LogP contribution in [-0.4, -0.2) is 47.7 Å². The number of nitrogens with two attached hydrogens (primary N) is 2. The van der Waals surface area contributed by atoms with E-state index in [1.807, 2.05) is 0 Å². The summed E-state index contributed by atoms with van der Waals surface area (Å²) in [4.78, 5) is 33.4. The Labute approximate surface area is 110 Å². The molecule has 0 radical (unpaired) electrons. The van der Waals surface area contributed by atoms with Gasteiger partial charge in [-0.2, -0.15) is 0 Å². The lowest BCUT2D eigenvalue weighted by atomic mass is 10.1. The van der Waals surface area contributed by atoms with Crippen molar-refractivity contribution in [1.82, 2.24) is 5.32 Å². The number of nitrogens with one attached hydrogen (secondary N) is 1. The van der Waals surface area contributed by atoms with Crippen LogP contribution < -0.4 is 16.8 Å². The minimum absolute atomic E-state index is 0.0382. The van der Waals surface area contributed by atoms with Crippen molar-refractivity contribution in [2.75, 3.05) is 6.54 Å². The fraction of sp³-hybridized carbons (Fsp3) is 0.727. The minimum Gasteiger partial charge on any atom is -0.480 e. The molecule has 0 saturated carbocycles. The molecular formula is C11H19N3O5. The van der Waals surface area contributed by atoms with Crippen LogP contribution in [0.2, 0.25) is 0 Å². The molecule has 1 aliphatic rings. The maximum atomic E-state index is 11.8. The second kappa shape index (κ2) is 7.05. The van der Waals surface area contributed by atoms with Crippen molar-refractivity contribution in [1.29, 1.82) is 0 Å². The lowest BCUT2D eigenvalue weighted by Crippen LogP contribution is -2.46. The van der Waals surface area contributed by atoms with Gasteiger partial charge in [-0.25, -0.2) is 4.79 Å². The van der Waals surface area contributed by atoms with E-state index in [4.69, 9.17) is 21.3 Å². The highest BCUT2D eigenvalue weighted by Crippen LogP contribution is 2.19. The first-order valence-corrected chi connectivity index (χ1v) is 6.11. The summed E-state index contributed by atoms with van der Waals surface area (Å²) >= 11 is 0. The smallest absolute Gasteiger partial charge is 0.326 e. The summed E-state index contributed by atoms with van der Waals surface area (Å²) in [5.41, 5.74) is 10.4. The molecule has 8 nitrogen and oxygen atoms in total. The summed E-state index contributed by atoms with van der Waals surface area (Å²) in [5, 5.41) is 11.3. The number of hydrogen-bond acceptors (Lipinski definition) is 5. The van der Waals surface area contributed by atoms with E-state index in [-0.39, 0.29) is 18.9 Å². The molecule has 19 heavy (non-hydrogen) atoms. The van der Waals surface area contributed by atoms with Gasteiger partial charge >= 0.3 is 5.97 Å². The predicted molar refractivity (Wildman–Crippen MR) is 64.9 cm³/mol. The summed E-state index contributed by atoms with van der Waals surface area (Å²) in [7, 11) is 0. The van der Waals surface area contributed by atoms with Gasteiger partial charge in [0.1, 0.15) is 12.1 Å². The van der Waals surface area contributed by atoms with Crippen molar-refractivity contribution < 1.29 is 24.2 Å². The average molecular weight is 273 g/mol. The van der Waals surface area contributed by atoms with Gasteiger partial charge in [-0.3, -0.25) is 9.59 Å². The Hall–Kier alpha value is -1.67. The topological polar surface area (TPSA) is 145 Å². The van der Waals surface area contributed by atoms with Crippen molar-refractivity contribution in [2.24, 2.45) is 11.5 Å². The van der Waals surface area contributed by atoms with Gasteiger partial charge in [-0.1, -0.05) is 0 Å². The lowest BCUT2D eigenvalue weighted by Gasteiger charge is -2.17. The molecule has 0 aliphatic carbocycles. The van der Waals surface area contributed by atoms with E-state index in [0.29, 0.717) is 19.4 Å². The van der Waals surface area contributed by atoms with Gasteiger partial charge in [0.2, 0.25) is 11.8 Å². The first-order valence-electron chi connectivity index (χ1n) is 6.11. The molecule has 3 atom stereocenters. The van der Waals surface area contributed by atoms with Gasteiger partial charge in [-0.05, 0) is 19.3 Å². The maximum absolute atomic E-state index is 11.8. The first kappa shape index (κ1) is 15.4. The summed E-state index contributed by atoms with van der Waals surface area (Å²) < 4.78 is 5.36. The summed E-state index contributed by atoms with van der Waals surface area (Å²) in [5.74, 6) is -2.31. The Balaban J connectivity index is 2.47. The Morgan fingerprint density at radius 1 is 1.37 bits per heavy atom. The van der Waals surface area contributed by atoms with Crippen LogP contribution in [0.4, 0.5) is 0 Å². The molecule has 1 aliphatic heterocycles. The highest BCUT2D eigenvalue weighted by Gasteiger charge is 2.32. The highest BCUT2D eigenvalue weighted by molar-refractivity contribution is 5.86. The zero-order valence-corrected chi connectivity index (χ0v) is 10.5. The maximum Gasteiger partial charge on any atom is 0.326 e. The Morgan fingerprint density at radius 2 is 2.05 bits per heavy atom. The van der Waals surface area contributed by atoms with Crippen molar-refractivity contribution >= 4 is 17.8 Å². The molecule has 1 saturated heterocycles. The molecule has 1 heterocycles. The van der Waals surface area contributed by atoms with E-state index in [1.165, 1.54) is 0 Å². The number of carboxylic acid groups (broad SMARTS) is 1. The molecule has 2 unspecified atom stereocenters. The standard InChI is InChI=1S/C11H19N3O5/c12-5-6-1-3-8(19-6)10(16)14-7(11(17)18)2-4-9(13)15/h6-8H,1-5,12H2,(H2,13,15)(H,14,16)(H,17,18)/t6?,7-,8?/m1/s1. The van der Waals surface area contributed by atoms with Crippen molar-refractivity contribution in [2.45, 2.75) is 43.9 Å². The van der Waals surface area contributed by atoms with Crippen LogP contribution in [0.25, 0.3) is 0 Å². The molecule has 0 aromatic carbocycles. The molecule has 1 rings (SSSR count). The second-order valence-corrected chi connectivity index (χ2v) is 4.46. The summed E-state index contributed by atoms with van der Waals surface area (Å²) in [6.45, 7) is 0.327. The zero-order valence-electron chi connectivity index (χ0n) is 10.5. The van der Waals surface area contributed by atoms with Crippen molar-refractivity contribution in [3.63, 3.8) is 0 Å². The lowest BCUT2D eigenvalue weighted by molar-refractivity contribution is -0.144. The quantitative estimate of drug-likeness (QED) is 0.436. The third-order valence-electron chi connectivity index (χ3n) is 2.96. The van der Waals surface area contributed by atoms with E-state index in [1.54, 1.807) is 0 Å². The van der Waals surface area contributed by atoms with Crippen LogP contribution in [-0.2, 0) is 19.1 Å². The Kier molecular flexibility index (Phi) is 5.71. The number of ether oxygens (including phenoxy) is 1. The van der Waals surface area contributed by atoms with Gasteiger partial charge in [0.15, 0.2) is 0 Å². The fourth-order valence-electron chi connectivity index (χ4n) is 1.88. The fourth-order valence-corrected chi connectivity index (χ4v) is 1.88. The van der Waals surface area contributed by atoms with Crippen LogP contribution in [0.5, 0.6) is 0 Å². The Morgan fingerprint density at radius 3 is 2.53 bits per heavy atom.